The Labute approximate surface area is 124 Å². The van der Waals surface area contributed by atoms with Crippen LogP contribution < -0.4 is 5.32 Å². The molecule has 0 aliphatic rings. The number of rotatable bonds is 3. The molecule has 0 unspecified atom stereocenters. The Morgan fingerprint density at radius 1 is 1.06 bits per heavy atom. The van der Waals surface area contributed by atoms with Crippen LogP contribution in [0.4, 0.5) is 5.69 Å². The molecule has 0 radical (unpaired) electrons. The SMILES string of the molecule is Oc1ccccc1CNc1ccc(Br)c(Cl)c1Cl. The van der Waals surface area contributed by atoms with Gasteiger partial charge in [0.1, 0.15) is 5.75 Å². The summed E-state index contributed by atoms with van der Waals surface area (Å²) in [5.41, 5.74) is 1.53. The van der Waals surface area contributed by atoms with Crippen molar-refractivity contribution in [2.24, 2.45) is 0 Å². The van der Waals surface area contributed by atoms with Crippen LogP contribution in [0.5, 0.6) is 5.75 Å². The predicted octanol–water partition coefficient (Wildman–Crippen LogP) is 5.07. The highest BCUT2D eigenvalue weighted by Gasteiger charge is 2.08. The summed E-state index contributed by atoms with van der Waals surface area (Å²) in [4.78, 5) is 0. The fourth-order valence-electron chi connectivity index (χ4n) is 1.51. The van der Waals surface area contributed by atoms with Gasteiger partial charge in [-0.3, -0.25) is 0 Å². The molecule has 0 fully saturated rings. The van der Waals surface area contributed by atoms with E-state index >= 15 is 0 Å². The van der Waals surface area contributed by atoms with Crippen molar-refractivity contribution in [2.75, 3.05) is 5.32 Å². The predicted molar refractivity (Wildman–Crippen MR) is 79.6 cm³/mol. The number of hydrogen-bond donors (Lipinski definition) is 2. The lowest BCUT2D eigenvalue weighted by molar-refractivity contribution is 0.469. The zero-order chi connectivity index (χ0) is 13.1. The van der Waals surface area contributed by atoms with Gasteiger partial charge in [0.25, 0.3) is 0 Å². The Kier molecular flexibility index (Phi) is 4.38. The van der Waals surface area contributed by atoms with Crippen molar-refractivity contribution >= 4 is 44.8 Å². The van der Waals surface area contributed by atoms with Crippen molar-refractivity contribution in [3.63, 3.8) is 0 Å². The van der Waals surface area contributed by atoms with Gasteiger partial charge in [-0.25, -0.2) is 0 Å². The van der Waals surface area contributed by atoms with Crippen LogP contribution in [0, 0.1) is 0 Å². The minimum atomic E-state index is 0.254. The molecular formula is C13H10BrCl2NO. The number of phenols is 1. The summed E-state index contributed by atoms with van der Waals surface area (Å²) in [6.45, 7) is 0.477. The third kappa shape index (κ3) is 2.91. The molecule has 0 aromatic heterocycles. The molecule has 0 aliphatic heterocycles. The first-order chi connectivity index (χ1) is 8.59. The summed E-state index contributed by atoms with van der Waals surface area (Å²) < 4.78 is 0.752. The normalized spacial score (nSPS) is 10.4. The van der Waals surface area contributed by atoms with E-state index < -0.39 is 0 Å². The molecule has 0 saturated carbocycles. The summed E-state index contributed by atoms with van der Waals surface area (Å²) >= 11 is 15.4. The first-order valence-corrected chi connectivity index (χ1v) is 6.78. The second-order valence-corrected chi connectivity index (χ2v) is 5.32. The molecule has 5 heteroatoms. The first-order valence-electron chi connectivity index (χ1n) is 5.24. The van der Waals surface area contributed by atoms with Crippen molar-refractivity contribution in [1.82, 2.24) is 0 Å². The molecule has 2 aromatic carbocycles. The highest BCUT2D eigenvalue weighted by molar-refractivity contribution is 9.10. The van der Waals surface area contributed by atoms with Crippen molar-refractivity contribution in [3.8, 4) is 5.75 Å². The number of halogens is 3. The van der Waals surface area contributed by atoms with Crippen molar-refractivity contribution in [3.05, 3.63) is 56.5 Å². The zero-order valence-corrected chi connectivity index (χ0v) is 12.4. The molecule has 0 bridgehead atoms. The number of benzene rings is 2. The third-order valence-electron chi connectivity index (χ3n) is 2.50. The topological polar surface area (TPSA) is 32.3 Å². The highest BCUT2D eigenvalue weighted by atomic mass is 79.9. The minimum Gasteiger partial charge on any atom is -0.508 e. The summed E-state index contributed by atoms with van der Waals surface area (Å²) in [6.07, 6.45) is 0. The smallest absolute Gasteiger partial charge is 0.120 e. The van der Waals surface area contributed by atoms with Crippen LogP contribution in [0.25, 0.3) is 0 Å². The lowest BCUT2D eigenvalue weighted by Gasteiger charge is -2.11. The van der Waals surface area contributed by atoms with E-state index in [9.17, 15) is 5.11 Å². The molecule has 2 aromatic rings. The molecule has 2 N–H and O–H groups in total. The van der Waals surface area contributed by atoms with Crippen molar-refractivity contribution < 1.29 is 5.11 Å². The Morgan fingerprint density at radius 2 is 1.78 bits per heavy atom. The van der Waals surface area contributed by atoms with Crippen LogP contribution in [0.2, 0.25) is 10.0 Å². The maximum absolute atomic E-state index is 9.65. The summed E-state index contributed by atoms with van der Waals surface area (Å²) in [6, 6.07) is 10.8. The third-order valence-corrected chi connectivity index (χ3v) is 4.27. The fraction of sp³-hybridized carbons (Fsp3) is 0.0769. The van der Waals surface area contributed by atoms with Crippen molar-refractivity contribution in [1.29, 1.82) is 0 Å². The van der Waals surface area contributed by atoms with Crippen LogP contribution in [0.3, 0.4) is 0 Å². The number of anilines is 1. The van der Waals surface area contributed by atoms with Gasteiger partial charge in [-0.2, -0.15) is 0 Å². The molecule has 0 aliphatic carbocycles. The molecule has 18 heavy (non-hydrogen) atoms. The van der Waals surface area contributed by atoms with E-state index in [-0.39, 0.29) is 5.75 Å². The van der Waals surface area contributed by atoms with Crippen LogP contribution in [-0.2, 0) is 6.54 Å². The van der Waals surface area contributed by atoms with E-state index in [2.05, 4.69) is 21.2 Å². The van der Waals surface area contributed by atoms with Gasteiger partial charge in [0.2, 0.25) is 0 Å². The van der Waals surface area contributed by atoms with Gasteiger partial charge in [0, 0.05) is 16.6 Å². The van der Waals surface area contributed by atoms with Crippen LogP contribution in [0.15, 0.2) is 40.9 Å². The summed E-state index contributed by atoms with van der Waals surface area (Å²) in [5.74, 6) is 0.254. The maximum Gasteiger partial charge on any atom is 0.120 e. The van der Waals surface area contributed by atoms with Gasteiger partial charge in [-0.15, -0.1) is 0 Å². The molecule has 0 atom stereocenters. The van der Waals surface area contributed by atoms with Gasteiger partial charge >= 0.3 is 0 Å². The van der Waals surface area contributed by atoms with E-state index in [1.54, 1.807) is 12.1 Å². The maximum atomic E-state index is 9.65. The Balaban J connectivity index is 2.17. The summed E-state index contributed by atoms with van der Waals surface area (Å²) in [5, 5.41) is 13.7. The number of nitrogens with one attached hydrogen (secondary N) is 1. The molecule has 0 amide bonds. The molecule has 94 valence electrons. The Morgan fingerprint density at radius 3 is 2.50 bits per heavy atom. The number of para-hydroxylation sites is 1. The second-order valence-electron chi connectivity index (χ2n) is 3.71. The van der Waals surface area contributed by atoms with Gasteiger partial charge in [0.15, 0.2) is 0 Å². The van der Waals surface area contributed by atoms with Crippen molar-refractivity contribution in [2.45, 2.75) is 6.54 Å². The monoisotopic (exact) mass is 345 g/mol. The number of phenolic OH excluding ortho intramolecular Hbond substituents is 1. The largest absolute Gasteiger partial charge is 0.508 e. The second kappa shape index (κ2) is 5.83. The summed E-state index contributed by atoms with van der Waals surface area (Å²) in [7, 11) is 0. The van der Waals surface area contributed by atoms with E-state index in [1.807, 2.05) is 24.3 Å². The van der Waals surface area contributed by atoms with E-state index in [0.717, 1.165) is 15.7 Å². The lowest BCUT2D eigenvalue weighted by Crippen LogP contribution is -2.00. The van der Waals surface area contributed by atoms with Gasteiger partial charge in [-0.05, 0) is 34.1 Å². The Bertz CT molecular complexity index is 575. The molecule has 0 spiro atoms. The quantitative estimate of drug-likeness (QED) is 0.760. The number of aromatic hydroxyl groups is 1. The molecule has 2 nitrogen and oxygen atoms in total. The van der Waals surface area contributed by atoms with E-state index in [4.69, 9.17) is 23.2 Å². The van der Waals surface area contributed by atoms with Gasteiger partial charge in [0.05, 0.1) is 15.7 Å². The van der Waals surface area contributed by atoms with Gasteiger partial charge in [-0.1, -0.05) is 41.4 Å². The van der Waals surface area contributed by atoms with E-state index in [0.29, 0.717) is 16.6 Å². The number of hydrogen-bond acceptors (Lipinski definition) is 2. The molecule has 0 heterocycles. The van der Waals surface area contributed by atoms with Crippen LogP contribution in [0.1, 0.15) is 5.56 Å². The van der Waals surface area contributed by atoms with Gasteiger partial charge < -0.3 is 10.4 Å². The molecule has 0 saturated heterocycles. The van der Waals surface area contributed by atoms with Crippen LogP contribution >= 0.6 is 39.1 Å². The average Bonchev–Trinajstić information content (AvgIpc) is 2.37. The average molecular weight is 347 g/mol. The highest BCUT2D eigenvalue weighted by Crippen LogP contribution is 2.36. The molecule has 2 rings (SSSR count). The fourth-order valence-corrected chi connectivity index (χ4v) is 2.35. The minimum absolute atomic E-state index is 0.254. The first kappa shape index (κ1) is 13.5. The molecular weight excluding hydrogens is 337 g/mol. The Hall–Kier alpha value is -0.900. The zero-order valence-electron chi connectivity index (χ0n) is 9.25. The standard InChI is InChI=1S/C13H10BrCl2NO/c14-9-5-6-10(13(16)12(9)15)17-7-8-3-1-2-4-11(8)18/h1-6,17-18H,7H2. The lowest BCUT2D eigenvalue weighted by atomic mass is 10.2. The van der Waals surface area contributed by atoms with Crippen LogP contribution in [-0.4, -0.2) is 5.11 Å². The van der Waals surface area contributed by atoms with E-state index in [1.165, 1.54) is 0 Å².